The fourth-order valence-corrected chi connectivity index (χ4v) is 1.61. The molecule has 9 nitrogen and oxygen atoms in total. The van der Waals surface area contributed by atoms with Gasteiger partial charge in [-0.25, -0.2) is 9.59 Å². The van der Waals surface area contributed by atoms with Gasteiger partial charge in [0.05, 0.1) is 0 Å². The molecule has 1 atom stereocenters. The fourth-order valence-electron chi connectivity index (χ4n) is 1.12. The molecule has 0 spiro atoms. The van der Waals surface area contributed by atoms with E-state index in [1.165, 1.54) is 12.1 Å². The Bertz CT molecular complexity index is 590. The zero-order chi connectivity index (χ0) is 15.3. The van der Waals surface area contributed by atoms with E-state index in [4.69, 9.17) is 19.5 Å². The van der Waals surface area contributed by atoms with Crippen LogP contribution in [0.15, 0.2) is 24.3 Å². The van der Waals surface area contributed by atoms with Crippen LogP contribution in [0.5, 0.6) is 11.5 Å². The van der Waals surface area contributed by atoms with Gasteiger partial charge in [-0.15, -0.1) is 0 Å². The van der Waals surface area contributed by atoms with E-state index in [0.717, 1.165) is 12.1 Å². The van der Waals surface area contributed by atoms with Crippen molar-refractivity contribution in [2.24, 2.45) is 0 Å². The Balaban J connectivity index is 2.78. The summed E-state index contributed by atoms with van der Waals surface area (Å²) in [7, 11) is -4.92. The highest BCUT2D eigenvalue weighted by Gasteiger charge is 2.33. The minimum absolute atomic E-state index is 0.155. The van der Waals surface area contributed by atoms with Crippen LogP contribution in [0.4, 0.5) is 0 Å². The average Bonchev–Trinajstić information content (AvgIpc) is 2.33. The van der Waals surface area contributed by atoms with E-state index in [0.29, 0.717) is 0 Å². The number of carboxylic acid groups (broad SMARTS) is 2. The normalized spacial score (nSPS) is 12.4. The lowest BCUT2D eigenvalue weighted by Crippen LogP contribution is -2.35. The number of aliphatic carboxylic acids is 2. The second kappa shape index (κ2) is 6.21. The largest absolute Gasteiger partial charge is 0.482 e. The van der Waals surface area contributed by atoms with Crippen LogP contribution in [0, 0.1) is 0 Å². The number of carboxylic acids is 2. The number of carbonyl (C=O) groups is 2. The van der Waals surface area contributed by atoms with E-state index in [2.05, 4.69) is 4.74 Å². The molecular formula is C10H10O9S. The molecule has 20 heavy (non-hydrogen) atoms. The summed E-state index contributed by atoms with van der Waals surface area (Å²) < 4.78 is 39.7. The van der Waals surface area contributed by atoms with Gasteiger partial charge in [0.25, 0.3) is 0 Å². The van der Waals surface area contributed by atoms with E-state index in [1.807, 2.05) is 0 Å². The molecule has 0 aromatic heterocycles. The molecule has 0 heterocycles. The van der Waals surface area contributed by atoms with Crippen molar-refractivity contribution in [3.8, 4) is 11.5 Å². The van der Waals surface area contributed by atoms with Crippen molar-refractivity contribution in [2.45, 2.75) is 5.44 Å². The van der Waals surface area contributed by atoms with Crippen LogP contribution in [-0.2, 0) is 19.7 Å². The number of ether oxygens (including phenoxy) is 2. The minimum Gasteiger partial charge on any atom is -0.482 e. The molecule has 0 saturated carbocycles. The van der Waals surface area contributed by atoms with Crippen molar-refractivity contribution in [3.05, 3.63) is 24.3 Å². The predicted octanol–water partition coefficient (Wildman–Crippen LogP) is -0.173. The molecule has 0 bridgehead atoms. The SMILES string of the molecule is O=C(O)COc1ccc(OC(C(=O)O)S(=O)(=O)O)cc1. The summed E-state index contributed by atoms with van der Waals surface area (Å²) >= 11 is 0. The Morgan fingerprint density at radius 3 is 2.00 bits per heavy atom. The summed E-state index contributed by atoms with van der Waals surface area (Å²) in [6.07, 6.45) is 0. The Morgan fingerprint density at radius 2 is 1.60 bits per heavy atom. The summed E-state index contributed by atoms with van der Waals surface area (Å²) in [5, 5.41) is 17.0. The summed E-state index contributed by atoms with van der Waals surface area (Å²) in [5.74, 6) is -3.04. The smallest absolute Gasteiger partial charge is 0.363 e. The van der Waals surface area contributed by atoms with Crippen molar-refractivity contribution in [1.82, 2.24) is 0 Å². The van der Waals surface area contributed by atoms with Crippen LogP contribution < -0.4 is 9.47 Å². The maximum absolute atomic E-state index is 10.8. The maximum atomic E-state index is 10.8. The third-order valence-corrected chi connectivity index (χ3v) is 2.74. The van der Waals surface area contributed by atoms with Crippen LogP contribution in [0.25, 0.3) is 0 Å². The number of rotatable bonds is 7. The number of hydrogen-bond acceptors (Lipinski definition) is 6. The highest BCUT2D eigenvalue weighted by atomic mass is 32.2. The topological polar surface area (TPSA) is 147 Å². The molecule has 1 aromatic rings. The summed E-state index contributed by atoms with van der Waals surface area (Å²) in [5.41, 5.74) is -2.45. The van der Waals surface area contributed by atoms with Gasteiger partial charge in [-0.1, -0.05) is 0 Å². The molecule has 1 aromatic carbocycles. The van der Waals surface area contributed by atoms with Crippen molar-refractivity contribution < 1.29 is 42.2 Å². The van der Waals surface area contributed by atoms with Gasteiger partial charge in [-0.2, -0.15) is 8.42 Å². The molecule has 1 rings (SSSR count). The van der Waals surface area contributed by atoms with Crippen LogP contribution in [0.3, 0.4) is 0 Å². The predicted molar refractivity (Wildman–Crippen MR) is 63.2 cm³/mol. The van der Waals surface area contributed by atoms with E-state index in [-0.39, 0.29) is 11.5 Å². The Labute approximate surface area is 113 Å². The molecule has 0 saturated heterocycles. The van der Waals surface area contributed by atoms with E-state index in [1.54, 1.807) is 0 Å². The quantitative estimate of drug-likeness (QED) is 0.583. The molecule has 0 aliphatic heterocycles. The summed E-state index contributed by atoms with van der Waals surface area (Å²) in [4.78, 5) is 20.9. The molecule has 0 amide bonds. The third-order valence-electron chi connectivity index (χ3n) is 1.90. The third kappa shape index (κ3) is 4.74. The molecule has 10 heteroatoms. The first kappa shape index (κ1) is 15.7. The minimum atomic E-state index is -4.92. The molecule has 110 valence electrons. The van der Waals surface area contributed by atoms with Crippen molar-refractivity contribution in [2.75, 3.05) is 6.61 Å². The van der Waals surface area contributed by atoms with Gasteiger partial charge in [-0.05, 0) is 24.3 Å². The standard InChI is InChI=1S/C10H10O9S/c11-8(12)5-18-6-1-3-7(4-2-6)19-10(9(13)14)20(15,16)17/h1-4,10H,5H2,(H,11,12)(H,13,14)(H,15,16,17). The first-order valence-electron chi connectivity index (χ1n) is 5.00. The van der Waals surface area contributed by atoms with Gasteiger partial charge >= 0.3 is 27.5 Å². The van der Waals surface area contributed by atoms with Gasteiger partial charge in [0.1, 0.15) is 11.5 Å². The molecule has 0 aliphatic rings. The van der Waals surface area contributed by atoms with Gasteiger partial charge in [0.2, 0.25) is 0 Å². The van der Waals surface area contributed by atoms with E-state index in [9.17, 15) is 18.0 Å². The monoisotopic (exact) mass is 306 g/mol. The van der Waals surface area contributed by atoms with Gasteiger partial charge in [0.15, 0.2) is 6.61 Å². The van der Waals surface area contributed by atoms with Gasteiger partial charge in [-0.3, -0.25) is 4.55 Å². The second-order valence-corrected chi connectivity index (χ2v) is 4.91. The van der Waals surface area contributed by atoms with Gasteiger partial charge < -0.3 is 19.7 Å². The van der Waals surface area contributed by atoms with Crippen molar-refractivity contribution in [3.63, 3.8) is 0 Å². The fraction of sp³-hybridized carbons (Fsp3) is 0.200. The maximum Gasteiger partial charge on any atom is 0.363 e. The lowest BCUT2D eigenvalue weighted by molar-refractivity contribution is -0.141. The molecule has 0 aliphatic carbocycles. The zero-order valence-corrected chi connectivity index (χ0v) is 10.6. The van der Waals surface area contributed by atoms with Crippen LogP contribution >= 0.6 is 0 Å². The Morgan fingerprint density at radius 1 is 1.10 bits per heavy atom. The molecule has 0 radical (unpaired) electrons. The highest BCUT2D eigenvalue weighted by molar-refractivity contribution is 7.87. The second-order valence-electron chi connectivity index (χ2n) is 3.46. The highest BCUT2D eigenvalue weighted by Crippen LogP contribution is 2.19. The molecule has 1 unspecified atom stereocenters. The van der Waals surface area contributed by atoms with Crippen molar-refractivity contribution in [1.29, 1.82) is 0 Å². The van der Waals surface area contributed by atoms with E-state index >= 15 is 0 Å². The Hall–Kier alpha value is -2.33. The van der Waals surface area contributed by atoms with Crippen LogP contribution in [0.1, 0.15) is 0 Å². The first-order chi connectivity index (χ1) is 9.20. The Kier molecular flexibility index (Phi) is 4.88. The molecular weight excluding hydrogens is 296 g/mol. The van der Waals surface area contributed by atoms with E-state index < -0.39 is 34.1 Å². The lowest BCUT2D eigenvalue weighted by atomic mass is 10.3. The summed E-state index contributed by atoms with van der Waals surface area (Å²) in [6, 6.07) is 4.83. The van der Waals surface area contributed by atoms with Crippen LogP contribution in [0.2, 0.25) is 0 Å². The number of benzene rings is 1. The first-order valence-corrected chi connectivity index (χ1v) is 6.51. The zero-order valence-electron chi connectivity index (χ0n) is 9.79. The van der Waals surface area contributed by atoms with Gasteiger partial charge in [0, 0.05) is 0 Å². The van der Waals surface area contributed by atoms with Crippen LogP contribution in [-0.4, -0.2) is 47.2 Å². The lowest BCUT2D eigenvalue weighted by Gasteiger charge is -2.12. The van der Waals surface area contributed by atoms with Crippen molar-refractivity contribution >= 4 is 22.1 Å². The summed E-state index contributed by atoms with van der Waals surface area (Å²) in [6.45, 7) is -0.566. The average molecular weight is 306 g/mol. The molecule has 0 fully saturated rings. The molecule has 3 N–H and O–H groups in total. The number of hydrogen-bond donors (Lipinski definition) is 3.